The Bertz CT molecular complexity index is 296. The van der Waals surface area contributed by atoms with E-state index < -0.39 is 0 Å². The second-order valence-corrected chi connectivity index (χ2v) is 5.07. The number of thioether (sulfide) groups is 1. The molecule has 0 bridgehead atoms. The second-order valence-electron chi connectivity index (χ2n) is 3.59. The predicted molar refractivity (Wildman–Crippen MR) is 62.7 cm³/mol. The number of aliphatic hydroxyl groups is 1. The lowest BCUT2D eigenvalue weighted by atomic mass is 10.1. The lowest BCUT2D eigenvalue weighted by Crippen LogP contribution is -1.94. The number of aryl methyl sites for hydroxylation is 1. The molecule has 0 aromatic heterocycles. The highest BCUT2D eigenvalue weighted by molar-refractivity contribution is 8.00. The average Bonchev–Trinajstić information content (AvgIpc) is 2.20. The maximum atomic E-state index is 8.97. The average molecular weight is 210 g/mol. The topological polar surface area (TPSA) is 20.2 Å². The molecule has 0 fully saturated rings. The van der Waals surface area contributed by atoms with Gasteiger partial charge < -0.3 is 5.11 Å². The summed E-state index contributed by atoms with van der Waals surface area (Å²) in [5.74, 6) is 0. The first-order valence-corrected chi connectivity index (χ1v) is 5.92. The van der Waals surface area contributed by atoms with Gasteiger partial charge in [0.1, 0.15) is 0 Å². The fraction of sp³-hybridized carbons (Fsp3) is 0.500. The highest BCUT2D eigenvalue weighted by Crippen LogP contribution is 2.28. The molecule has 0 saturated carbocycles. The Hall–Kier alpha value is -0.470. The SMILES string of the molecule is CCC(C)Sc1ccc(CO)cc1C. The molecule has 0 aliphatic carbocycles. The van der Waals surface area contributed by atoms with Gasteiger partial charge in [0, 0.05) is 10.1 Å². The van der Waals surface area contributed by atoms with E-state index in [9.17, 15) is 0 Å². The van der Waals surface area contributed by atoms with Gasteiger partial charge in [-0.15, -0.1) is 11.8 Å². The molecule has 1 atom stereocenters. The van der Waals surface area contributed by atoms with Crippen molar-refractivity contribution in [3.63, 3.8) is 0 Å². The fourth-order valence-corrected chi connectivity index (χ4v) is 2.23. The normalized spacial score (nSPS) is 12.9. The third kappa shape index (κ3) is 3.03. The number of benzene rings is 1. The molecule has 78 valence electrons. The second kappa shape index (κ2) is 5.42. The van der Waals surface area contributed by atoms with Gasteiger partial charge in [0.2, 0.25) is 0 Å². The molecule has 0 radical (unpaired) electrons. The van der Waals surface area contributed by atoms with Crippen LogP contribution >= 0.6 is 11.8 Å². The number of hydrogen-bond donors (Lipinski definition) is 1. The summed E-state index contributed by atoms with van der Waals surface area (Å²) in [7, 11) is 0. The fourth-order valence-electron chi connectivity index (χ4n) is 1.24. The zero-order valence-corrected chi connectivity index (χ0v) is 9.90. The maximum absolute atomic E-state index is 8.97. The molecule has 1 aromatic rings. The molecule has 1 rings (SSSR count). The highest BCUT2D eigenvalue weighted by atomic mass is 32.2. The highest BCUT2D eigenvalue weighted by Gasteiger charge is 2.04. The number of rotatable bonds is 4. The van der Waals surface area contributed by atoms with Crippen LogP contribution in [0.2, 0.25) is 0 Å². The minimum atomic E-state index is 0.134. The maximum Gasteiger partial charge on any atom is 0.0681 e. The van der Waals surface area contributed by atoms with Crippen LogP contribution in [-0.2, 0) is 6.61 Å². The van der Waals surface area contributed by atoms with Crippen molar-refractivity contribution in [3.05, 3.63) is 29.3 Å². The van der Waals surface area contributed by atoms with E-state index >= 15 is 0 Å². The Morgan fingerprint density at radius 1 is 1.43 bits per heavy atom. The summed E-state index contributed by atoms with van der Waals surface area (Å²) in [5.41, 5.74) is 2.26. The van der Waals surface area contributed by atoms with Crippen LogP contribution in [0.25, 0.3) is 0 Å². The van der Waals surface area contributed by atoms with Crippen LogP contribution < -0.4 is 0 Å². The first-order valence-electron chi connectivity index (χ1n) is 5.04. The van der Waals surface area contributed by atoms with Crippen molar-refractivity contribution in [2.75, 3.05) is 0 Å². The van der Waals surface area contributed by atoms with E-state index in [0.717, 1.165) is 5.56 Å². The molecular weight excluding hydrogens is 192 g/mol. The Morgan fingerprint density at radius 2 is 2.14 bits per heavy atom. The summed E-state index contributed by atoms with van der Waals surface area (Å²) in [6.45, 7) is 6.68. The van der Waals surface area contributed by atoms with Crippen LogP contribution in [0.4, 0.5) is 0 Å². The zero-order chi connectivity index (χ0) is 10.6. The minimum absolute atomic E-state index is 0.134. The van der Waals surface area contributed by atoms with E-state index in [4.69, 9.17) is 5.11 Å². The van der Waals surface area contributed by atoms with Crippen molar-refractivity contribution >= 4 is 11.8 Å². The first kappa shape index (κ1) is 11.6. The summed E-state index contributed by atoms with van der Waals surface area (Å²) in [4.78, 5) is 1.33. The van der Waals surface area contributed by atoms with Crippen molar-refractivity contribution in [1.29, 1.82) is 0 Å². The summed E-state index contributed by atoms with van der Waals surface area (Å²) >= 11 is 1.91. The first-order chi connectivity index (χ1) is 6.67. The monoisotopic (exact) mass is 210 g/mol. The summed E-state index contributed by atoms with van der Waals surface area (Å²) in [6.07, 6.45) is 1.19. The Kier molecular flexibility index (Phi) is 4.49. The Morgan fingerprint density at radius 3 is 2.64 bits per heavy atom. The minimum Gasteiger partial charge on any atom is -0.392 e. The van der Waals surface area contributed by atoms with Crippen molar-refractivity contribution in [1.82, 2.24) is 0 Å². The molecule has 1 unspecified atom stereocenters. The molecule has 1 aromatic carbocycles. The van der Waals surface area contributed by atoms with Crippen LogP contribution in [0.15, 0.2) is 23.1 Å². The van der Waals surface area contributed by atoms with Gasteiger partial charge in [-0.1, -0.05) is 26.0 Å². The number of aliphatic hydroxyl groups excluding tert-OH is 1. The molecule has 14 heavy (non-hydrogen) atoms. The van der Waals surface area contributed by atoms with Crippen LogP contribution in [0.1, 0.15) is 31.4 Å². The van der Waals surface area contributed by atoms with Crippen LogP contribution in [0, 0.1) is 6.92 Å². The van der Waals surface area contributed by atoms with E-state index in [0.29, 0.717) is 5.25 Å². The Labute approximate surface area is 90.5 Å². The van der Waals surface area contributed by atoms with Crippen molar-refractivity contribution < 1.29 is 5.11 Å². The molecule has 0 heterocycles. The molecule has 1 N–H and O–H groups in total. The Balaban J connectivity index is 2.78. The smallest absolute Gasteiger partial charge is 0.0681 e. The molecular formula is C12H18OS. The number of hydrogen-bond acceptors (Lipinski definition) is 2. The van der Waals surface area contributed by atoms with E-state index in [1.165, 1.54) is 16.9 Å². The largest absolute Gasteiger partial charge is 0.392 e. The van der Waals surface area contributed by atoms with Gasteiger partial charge in [-0.2, -0.15) is 0 Å². The van der Waals surface area contributed by atoms with Gasteiger partial charge >= 0.3 is 0 Å². The van der Waals surface area contributed by atoms with Gasteiger partial charge in [0.25, 0.3) is 0 Å². The van der Waals surface area contributed by atoms with Gasteiger partial charge in [-0.05, 0) is 30.5 Å². The van der Waals surface area contributed by atoms with Crippen LogP contribution in [0.3, 0.4) is 0 Å². The van der Waals surface area contributed by atoms with E-state index in [1.807, 2.05) is 17.8 Å². The van der Waals surface area contributed by atoms with Crippen LogP contribution in [-0.4, -0.2) is 10.4 Å². The van der Waals surface area contributed by atoms with Gasteiger partial charge in [-0.25, -0.2) is 0 Å². The lowest BCUT2D eigenvalue weighted by molar-refractivity contribution is 0.281. The van der Waals surface area contributed by atoms with Gasteiger partial charge in [-0.3, -0.25) is 0 Å². The van der Waals surface area contributed by atoms with Crippen LogP contribution in [0.5, 0.6) is 0 Å². The van der Waals surface area contributed by atoms with Gasteiger partial charge in [0.05, 0.1) is 6.61 Å². The standard InChI is InChI=1S/C12H18OS/c1-4-10(3)14-12-6-5-11(8-13)7-9(12)2/h5-7,10,13H,4,8H2,1-3H3. The summed E-state index contributed by atoms with van der Waals surface area (Å²) in [6, 6.07) is 6.17. The van der Waals surface area contributed by atoms with Crippen molar-refractivity contribution in [2.24, 2.45) is 0 Å². The third-order valence-electron chi connectivity index (χ3n) is 2.32. The predicted octanol–water partition coefficient (Wildman–Crippen LogP) is 3.38. The molecule has 0 saturated heterocycles. The van der Waals surface area contributed by atoms with E-state index in [-0.39, 0.29) is 6.61 Å². The molecule has 0 amide bonds. The van der Waals surface area contributed by atoms with Gasteiger partial charge in [0.15, 0.2) is 0 Å². The molecule has 2 heteroatoms. The molecule has 0 aliphatic heterocycles. The molecule has 0 aliphatic rings. The van der Waals surface area contributed by atoms with Crippen molar-refractivity contribution in [3.8, 4) is 0 Å². The zero-order valence-electron chi connectivity index (χ0n) is 9.08. The van der Waals surface area contributed by atoms with E-state index in [2.05, 4.69) is 32.9 Å². The summed E-state index contributed by atoms with van der Waals surface area (Å²) in [5, 5.41) is 9.63. The molecule has 1 nitrogen and oxygen atoms in total. The van der Waals surface area contributed by atoms with E-state index in [1.54, 1.807) is 0 Å². The van der Waals surface area contributed by atoms with Crippen molar-refractivity contribution in [2.45, 2.75) is 43.9 Å². The lowest BCUT2D eigenvalue weighted by Gasteiger charge is -2.11. The molecule has 0 spiro atoms. The third-order valence-corrected chi connectivity index (χ3v) is 3.77. The quantitative estimate of drug-likeness (QED) is 0.769. The summed E-state index contributed by atoms with van der Waals surface area (Å²) < 4.78 is 0.